The van der Waals surface area contributed by atoms with Crippen LogP contribution >= 0.6 is 0 Å². The standard InChI is InChI=1S/C31H29N5O3.C2H6/c1-2-21-15-27(16-24(18-32)31(21)39-26-8-9-26)38-25-6-3-22(4-7-25)23-5-10-28-29(17-23)33-19-30(34-28)36-13-11-35(20-37)12-14-36;1-2/h3-7,10,15-17,19-20,26H,2,8-9,11-14H2,1H3;1-2H3. The Morgan fingerprint density at radius 2 is 1.68 bits per heavy atom. The average molecular weight is 550 g/mol. The molecule has 1 aliphatic heterocycles. The number of fused-ring (bicyclic) bond motifs is 1. The fraction of sp³-hybridized carbons (Fsp3) is 0.333. The number of anilines is 1. The predicted molar refractivity (Wildman–Crippen MR) is 160 cm³/mol. The van der Waals surface area contributed by atoms with Gasteiger partial charge in [0, 0.05) is 32.2 Å². The van der Waals surface area contributed by atoms with E-state index in [4.69, 9.17) is 14.5 Å². The summed E-state index contributed by atoms with van der Waals surface area (Å²) >= 11 is 0. The van der Waals surface area contributed by atoms with Crippen LogP contribution in [0.25, 0.3) is 22.2 Å². The number of piperazine rings is 1. The maximum Gasteiger partial charge on any atom is 0.209 e. The van der Waals surface area contributed by atoms with E-state index in [0.29, 0.717) is 35.9 Å². The van der Waals surface area contributed by atoms with Gasteiger partial charge in [0.15, 0.2) is 0 Å². The van der Waals surface area contributed by atoms with Gasteiger partial charge in [-0.2, -0.15) is 5.26 Å². The SMILES string of the molecule is CC.CCc1cc(Oc2ccc(-c3ccc4nc(N5CCN(C=O)CC5)cnc4c3)cc2)cc(C#N)c1OC1CC1. The number of amides is 1. The van der Waals surface area contributed by atoms with E-state index in [0.717, 1.165) is 72.3 Å². The topological polar surface area (TPSA) is 91.6 Å². The number of hydrogen-bond donors (Lipinski definition) is 0. The van der Waals surface area contributed by atoms with Gasteiger partial charge in [0.25, 0.3) is 0 Å². The lowest BCUT2D eigenvalue weighted by molar-refractivity contribution is -0.118. The monoisotopic (exact) mass is 549 g/mol. The van der Waals surface area contributed by atoms with Crippen LogP contribution < -0.4 is 14.4 Å². The van der Waals surface area contributed by atoms with Gasteiger partial charge in [-0.3, -0.25) is 9.78 Å². The molecule has 0 spiro atoms. The molecule has 0 bridgehead atoms. The summed E-state index contributed by atoms with van der Waals surface area (Å²) < 4.78 is 12.1. The van der Waals surface area contributed by atoms with Crippen molar-refractivity contribution in [3.63, 3.8) is 0 Å². The largest absolute Gasteiger partial charge is 0.489 e. The second-order valence-corrected chi connectivity index (χ2v) is 9.93. The molecule has 3 aromatic carbocycles. The molecule has 41 heavy (non-hydrogen) atoms. The zero-order chi connectivity index (χ0) is 28.8. The lowest BCUT2D eigenvalue weighted by Gasteiger charge is -2.33. The van der Waals surface area contributed by atoms with Gasteiger partial charge in [0.1, 0.15) is 29.1 Å². The fourth-order valence-electron chi connectivity index (χ4n) is 4.80. The highest BCUT2D eigenvalue weighted by Gasteiger charge is 2.26. The lowest BCUT2D eigenvalue weighted by atomic mass is 10.0. The number of ether oxygens (including phenoxy) is 2. The van der Waals surface area contributed by atoms with Crippen LogP contribution in [-0.2, 0) is 11.2 Å². The summed E-state index contributed by atoms with van der Waals surface area (Å²) in [5.74, 6) is 2.85. The molecule has 2 fully saturated rings. The molecule has 210 valence electrons. The van der Waals surface area contributed by atoms with Crippen LogP contribution in [0.15, 0.2) is 60.8 Å². The van der Waals surface area contributed by atoms with Gasteiger partial charge in [0.2, 0.25) is 6.41 Å². The zero-order valence-corrected chi connectivity index (χ0v) is 23.8. The molecule has 0 unspecified atom stereocenters. The Kier molecular flexibility index (Phi) is 8.64. The van der Waals surface area contributed by atoms with Crippen molar-refractivity contribution in [1.82, 2.24) is 14.9 Å². The highest BCUT2D eigenvalue weighted by molar-refractivity contribution is 5.82. The minimum Gasteiger partial charge on any atom is -0.489 e. The van der Waals surface area contributed by atoms with E-state index in [1.165, 1.54) is 0 Å². The molecule has 1 saturated carbocycles. The Balaban J connectivity index is 0.00000165. The molecule has 0 radical (unpaired) electrons. The molecule has 4 aromatic rings. The van der Waals surface area contributed by atoms with Gasteiger partial charge in [-0.15, -0.1) is 0 Å². The first kappa shape index (κ1) is 27.9. The maximum atomic E-state index is 11.0. The number of rotatable bonds is 8. The van der Waals surface area contributed by atoms with Gasteiger partial charge in [-0.05, 0) is 66.3 Å². The van der Waals surface area contributed by atoms with Crippen molar-refractivity contribution >= 4 is 23.3 Å². The molecule has 1 aliphatic carbocycles. The molecule has 6 rings (SSSR count). The normalized spacial score (nSPS) is 14.6. The number of benzene rings is 3. The van der Waals surface area contributed by atoms with Gasteiger partial charge >= 0.3 is 0 Å². The second-order valence-electron chi connectivity index (χ2n) is 9.93. The quantitative estimate of drug-likeness (QED) is 0.236. The summed E-state index contributed by atoms with van der Waals surface area (Å²) in [6.45, 7) is 8.95. The van der Waals surface area contributed by atoms with E-state index in [2.05, 4.69) is 22.9 Å². The highest BCUT2D eigenvalue weighted by Crippen LogP contribution is 2.36. The molecule has 8 nitrogen and oxygen atoms in total. The van der Waals surface area contributed by atoms with Crippen molar-refractivity contribution < 1.29 is 14.3 Å². The second kappa shape index (κ2) is 12.7. The summed E-state index contributed by atoms with van der Waals surface area (Å²) in [7, 11) is 0. The van der Waals surface area contributed by atoms with Crippen molar-refractivity contribution in [2.24, 2.45) is 0 Å². The van der Waals surface area contributed by atoms with E-state index in [1.807, 2.05) is 62.4 Å². The fourth-order valence-corrected chi connectivity index (χ4v) is 4.80. The molecule has 0 N–H and O–H groups in total. The first-order valence-electron chi connectivity index (χ1n) is 14.4. The van der Waals surface area contributed by atoms with Gasteiger partial charge < -0.3 is 19.3 Å². The van der Waals surface area contributed by atoms with Crippen LogP contribution in [0, 0.1) is 11.3 Å². The summed E-state index contributed by atoms with van der Waals surface area (Å²) in [6, 6.07) is 20.0. The summed E-state index contributed by atoms with van der Waals surface area (Å²) in [6.07, 6.45) is 5.79. The Bertz CT molecular complexity index is 1550. The van der Waals surface area contributed by atoms with Crippen LogP contribution in [0.3, 0.4) is 0 Å². The third kappa shape index (κ3) is 6.41. The van der Waals surface area contributed by atoms with E-state index in [9.17, 15) is 10.1 Å². The number of aromatic nitrogens is 2. The van der Waals surface area contributed by atoms with Gasteiger partial charge in [-0.1, -0.05) is 39.0 Å². The molecule has 2 heterocycles. The zero-order valence-electron chi connectivity index (χ0n) is 23.8. The third-order valence-corrected chi connectivity index (χ3v) is 7.19. The van der Waals surface area contributed by atoms with Crippen molar-refractivity contribution in [3.05, 3.63) is 71.9 Å². The Hall–Kier alpha value is -4.64. The molecular weight excluding hydrogens is 514 g/mol. The van der Waals surface area contributed by atoms with Crippen LogP contribution in [0.4, 0.5) is 5.82 Å². The minimum atomic E-state index is 0.232. The van der Waals surface area contributed by atoms with Crippen LogP contribution in [0.1, 0.15) is 44.7 Å². The van der Waals surface area contributed by atoms with E-state index in [1.54, 1.807) is 17.2 Å². The molecule has 0 atom stereocenters. The number of aryl methyl sites for hydroxylation is 1. The van der Waals surface area contributed by atoms with Crippen LogP contribution in [0.2, 0.25) is 0 Å². The summed E-state index contributed by atoms with van der Waals surface area (Å²) in [5, 5.41) is 9.69. The number of carbonyl (C=O) groups is 1. The van der Waals surface area contributed by atoms with E-state index >= 15 is 0 Å². The van der Waals surface area contributed by atoms with E-state index < -0.39 is 0 Å². The van der Waals surface area contributed by atoms with E-state index in [-0.39, 0.29) is 6.10 Å². The molecule has 1 aromatic heterocycles. The molecule has 2 aliphatic rings. The van der Waals surface area contributed by atoms with Gasteiger partial charge in [0.05, 0.1) is 28.9 Å². The average Bonchev–Trinajstić information content (AvgIpc) is 3.86. The van der Waals surface area contributed by atoms with Crippen molar-refractivity contribution in [1.29, 1.82) is 5.26 Å². The number of carbonyl (C=O) groups excluding carboxylic acids is 1. The Labute approximate surface area is 241 Å². The lowest BCUT2D eigenvalue weighted by Crippen LogP contribution is -2.46. The number of hydrogen-bond acceptors (Lipinski definition) is 7. The first-order chi connectivity index (χ1) is 20.1. The molecule has 1 saturated heterocycles. The molecule has 8 heteroatoms. The Morgan fingerprint density at radius 3 is 2.34 bits per heavy atom. The van der Waals surface area contributed by atoms with Crippen molar-refractivity contribution in [2.75, 3.05) is 31.1 Å². The summed E-state index contributed by atoms with van der Waals surface area (Å²) in [4.78, 5) is 24.4. The maximum absolute atomic E-state index is 11.0. The van der Waals surface area contributed by atoms with Crippen LogP contribution in [0.5, 0.6) is 17.2 Å². The van der Waals surface area contributed by atoms with Crippen molar-refractivity contribution in [2.45, 2.75) is 46.1 Å². The number of nitrogens with zero attached hydrogens (tertiary/aromatic N) is 5. The number of nitriles is 1. The smallest absolute Gasteiger partial charge is 0.209 e. The predicted octanol–water partition coefficient (Wildman–Crippen LogP) is 6.37. The highest BCUT2D eigenvalue weighted by atomic mass is 16.5. The van der Waals surface area contributed by atoms with Gasteiger partial charge in [-0.25, -0.2) is 4.98 Å². The van der Waals surface area contributed by atoms with Crippen molar-refractivity contribution in [3.8, 4) is 34.4 Å². The van der Waals surface area contributed by atoms with Crippen LogP contribution in [-0.4, -0.2) is 53.6 Å². The third-order valence-electron chi connectivity index (χ3n) is 7.19. The minimum absolute atomic E-state index is 0.232. The first-order valence-corrected chi connectivity index (χ1v) is 14.4. The molecular formula is C33H35N5O3. The summed E-state index contributed by atoms with van der Waals surface area (Å²) in [5.41, 5.74) is 5.24. The Morgan fingerprint density at radius 1 is 0.951 bits per heavy atom. The molecule has 1 amide bonds.